The van der Waals surface area contributed by atoms with Gasteiger partial charge in [0.15, 0.2) is 0 Å². The van der Waals surface area contributed by atoms with Crippen LogP contribution < -0.4 is 0 Å². The number of hydrogen-bond donors (Lipinski definition) is 2. The summed E-state index contributed by atoms with van der Waals surface area (Å²) >= 11 is 0. The maximum atomic E-state index is 9.33. The number of aryl methyl sites for hydroxylation is 2. The average Bonchev–Trinajstić information content (AvgIpc) is 2.31. The van der Waals surface area contributed by atoms with Gasteiger partial charge in [-0.2, -0.15) is 0 Å². The lowest BCUT2D eigenvalue weighted by Crippen LogP contribution is -2.39. The minimum absolute atomic E-state index is 0.0426. The zero-order valence-corrected chi connectivity index (χ0v) is 8.22. The van der Waals surface area contributed by atoms with Crippen LogP contribution in [0.2, 0.25) is 0 Å². The number of imidazole rings is 1. The van der Waals surface area contributed by atoms with Crippen LogP contribution in [0.1, 0.15) is 36.5 Å². The van der Waals surface area contributed by atoms with E-state index < -0.39 is 0 Å². The molecule has 3 heteroatoms. The van der Waals surface area contributed by atoms with Gasteiger partial charge in [0, 0.05) is 5.69 Å². The Balaban J connectivity index is 2.33. The molecule has 0 aliphatic heterocycles. The lowest BCUT2D eigenvalue weighted by molar-refractivity contribution is 0.113. The monoisotopic (exact) mass is 180 g/mol. The first-order valence-corrected chi connectivity index (χ1v) is 4.82. The highest BCUT2D eigenvalue weighted by Gasteiger charge is 2.40. The second kappa shape index (κ2) is 2.84. The number of H-pyrrole nitrogens is 1. The third kappa shape index (κ3) is 1.18. The van der Waals surface area contributed by atoms with Crippen molar-refractivity contribution in [3.63, 3.8) is 0 Å². The largest absolute Gasteiger partial charge is 0.395 e. The molecule has 1 heterocycles. The van der Waals surface area contributed by atoms with Crippen LogP contribution >= 0.6 is 0 Å². The van der Waals surface area contributed by atoms with Gasteiger partial charge in [-0.3, -0.25) is 0 Å². The van der Waals surface area contributed by atoms with Crippen molar-refractivity contribution in [2.24, 2.45) is 0 Å². The molecule has 1 aromatic rings. The minimum atomic E-state index is -0.0426. The highest BCUT2D eigenvalue weighted by molar-refractivity contribution is 5.20. The molecule has 1 aliphatic rings. The fourth-order valence-corrected chi connectivity index (χ4v) is 1.87. The van der Waals surface area contributed by atoms with Crippen molar-refractivity contribution in [3.05, 3.63) is 17.2 Å². The number of nitrogens with zero attached hydrogens (tertiary/aromatic N) is 1. The molecule has 1 aromatic heterocycles. The Morgan fingerprint density at radius 1 is 1.46 bits per heavy atom. The van der Waals surface area contributed by atoms with Gasteiger partial charge in [0.2, 0.25) is 0 Å². The van der Waals surface area contributed by atoms with Crippen LogP contribution in [0.4, 0.5) is 0 Å². The fraction of sp³-hybridized carbons (Fsp3) is 0.700. The second-order valence-electron chi connectivity index (χ2n) is 4.09. The Kier molecular flexibility index (Phi) is 1.91. The zero-order valence-electron chi connectivity index (χ0n) is 8.22. The summed E-state index contributed by atoms with van der Waals surface area (Å²) in [5.74, 6) is 0.983. The summed E-state index contributed by atoms with van der Waals surface area (Å²) in [6, 6.07) is 0. The summed E-state index contributed by atoms with van der Waals surface area (Å²) in [6.45, 7) is 4.24. The number of aromatic nitrogens is 2. The van der Waals surface area contributed by atoms with Gasteiger partial charge < -0.3 is 10.1 Å². The van der Waals surface area contributed by atoms with E-state index >= 15 is 0 Å². The van der Waals surface area contributed by atoms with E-state index in [0.29, 0.717) is 0 Å². The van der Waals surface area contributed by atoms with Gasteiger partial charge in [0.05, 0.1) is 17.7 Å². The van der Waals surface area contributed by atoms with Gasteiger partial charge >= 0.3 is 0 Å². The van der Waals surface area contributed by atoms with Crippen molar-refractivity contribution in [3.8, 4) is 0 Å². The van der Waals surface area contributed by atoms with Crippen LogP contribution in [0.15, 0.2) is 0 Å². The molecule has 0 saturated heterocycles. The average molecular weight is 180 g/mol. The van der Waals surface area contributed by atoms with Gasteiger partial charge in [0.25, 0.3) is 0 Å². The molecule has 1 aliphatic carbocycles. The van der Waals surface area contributed by atoms with E-state index in [1.54, 1.807) is 0 Å². The fourth-order valence-electron chi connectivity index (χ4n) is 1.87. The van der Waals surface area contributed by atoms with Crippen molar-refractivity contribution in [2.75, 3.05) is 6.61 Å². The first-order chi connectivity index (χ1) is 6.18. The first-order valence-electron chi connectivity index (χ1n) is 4.82. The molecule has 0 spiro atoms. The first kappa shape index (κ1) is 8.75. The van der Waals surface area contributed by atoms with Crippen molar-refractivity contribution >= 4 is 0 Å². The van der Waals surface area contributed by atoms with Crippen molar-refractivity contribution in [2.45, 2.75) is 38.5 Å². The normalized spacial score (nSPS) is 19.9. The van der Waals surface area contributed by atoms with Gasteiger partial charge in [-0.1, -0.05) is 6.42 Å². The molecule has 0 unspecified atom stereocenters. The summed E-state index contributed by atoms with van der Waals surface area (Å²) in [7, 11) is 0. The van der Waals surface area contributed by atoms with Gasteiger partial charge in [0.1, 0.15) is 5.82 Å². The molecule has 1 fully saturated rings. The van der Waals surface area contributed by atoms with E-state index in [1.807, 2.05) is 13.8 Å². The molecule has 0 aromatic carbocycles. The quantitative estimate of drug-likeness (QED) is 0.723. The smallest absolute Gasteiger partial charge is 0.115 e. The SMILES string of the molecule is Cc1nc(C2(CO)CCC2)[nH]c1C. The third-order valence-corrected chi connectivity index (χ3v) is 3.24. The molecule has 13 heavy (non-hydrogen) atoms. The van der Waals surface area contributed by atoms with Crippen LogP contribution in [0.25, 0.3) is 0 Å². The standard InChI is InChI=1S/C10H16N2O/c1-7-8(2)12-9(11-7)10(6-13)4-3-5-10/h13H,3-6H2,1-2H3,(H,11,12). The number of nitrogens with one attached hydrogen (secondary N) is 1. The molecule has 0 bridgehead atoms. The highest BCUT2D eigenvalue weighted by Crippen LogP contribution is 2.41. The molecule has 1 saturated carbocycles. The molecule has 72 valence electrons. The zero-order chi connectivity index (χ0) is 9.47. The van der Waals surface area contributed by atoms with Crippen LogP contribution in [0, 0.1) is 13.8 Å². The minimum Gasteiger partial charge on any atom is -0.395 e. The lowest BCUT2D eigenvalue weighted by atomic mass is 9.69. The molecule has 0 radical (unpaired) electrons. The topological polar surface area (TPSA) is 48.9 Å². The molecule has 0 amide bonds. The van der Waals surface area contributed by atoms with Crippen LogP contribution in [0.5, 0.6) is 0 Å². The Morgan fingerprint density at radius 3 is 2.46 bits per heavy atom. The number of rotatable bonds is 2. The molecule has 2 rings (SSSR count). The summed E-state index contributed by atoms with van der Waals surface area (Å²) in [5, 5.41) is 9.33. The van der Waals surface area contributed by atoms with Crippen molar-refractivity contribution in [1.82, 2.24) is 9.97 Å². The van der Waals surface area contributed by atoms with E-state index in [9.17, 15) is 5.11 Å². The van der Waals surface area contributed by atoms with Gasteiger partial charge in [-0.15, -0.1) is 0 Å². The molecule has 3 nitrogen and oxygen atoms in total. The van der Waals surface area contributed by atoms with Gasteiger partial charge in [-0.05, 0) is 26.7 Å². The Labute approximate surface area is 78.2 Å². The van der Waals surface area contributed by atoms with Crippen molar-refractivity contribution in [1.29, 1.82) is 0 Å². The molecular weight excluding hydrogens is 164 g/mol. The van der Waals surface area contributed by atoms with Crippen LogP contribution in [0.3, 0.4) is 0 Å². The Hall–Kier alpha value is -0.830. The third-order valence-electron chi connectivity index (χ3n) is 3.24. The highest BCUT2D eigenvalue weighted by atomic mass is 16.3. The second-order valence-corrected chi connectivity index (χ2v) is 4.09. The predicted molar refractivity (Wildman–Crippen MR) is 50.7 cm³/mol. The van der Waals surface area contributed by atoms with E-state index in [4.69, 9.17) is 0 Å². The van der Waals surface area contributed by atoms with E-state index in [-0.39, 0.29) is 12.0 Å². The Morgan fingerprint density at radius 2 is 2.15 bits per heavy atom. The van der Waals surface area contributed by atoms with E-state index in [1.165, 1.54) is 6.42 Å². The maximum Gasteiger partial charge on any atom is 0.115 e. The van der Waals surface area contributed by atoms with Crippen LogP contribution in [-0.4, -0.2) is 21.7 Å². The molecule has 2 N–H and O–H groups in total. The number of aromatic amines is 1. The van der Waals surface area contributed by atoms with Crippen molar-refractivity contribution < 1.29 is 5.11 Å². The maximum absolute atomic E-state index is 9.33. The number of hydrogen-bond acceptors (Lipinski definition) is 2. The summed E-state index contributed by atoms with van der Waals surface area (Å²) in [5.41, 5.74) is 2.13. The number of aliphatic hydroxyl groups is 1. The van der Waals surface area contributed by atoms with Gasteiger partial charge in [-0.25, -0.2) is 4.98 Å². The molecule has 0 atom stereocenters. The Bertz CT molecular complexity index is 288. The summed E-state index contributed by atoms with van der Waals surface area (Å²) < 4.78 is 0. The van der Waals surface area contributed by atoms with E-state index in [0.717, 1.165) is 30.1 Å². The number of aliphatic hydroxyl groups excluding tert-OH is 1. The predicted octanol–water partition coefficient (Wildman–Crippen LogP) is 1.44. The summed E-state index contributed by atoms with van der Waals surface area (Å²) in [4.78, 5) is 7.73. The van der Waals surface area contributed by atoms with Crippen LogP contribution in [-0.2, 0) is 5.41 Å². The molecular formula is C10H16N2O. The lowest BCUT2D eigenvalue weighted by Gasteiger charge is -2.38. The summed E-state index contributed by atoms with van der Waals surface area (Å²) in [6.07, 6.45) is 3.34. The van der Waals surface area contributed by atoms with E-state index in [2.05, 4.69) is 9.97 Å².